The highest BCUT2D eigenvalue weighted by Crippen LogP contribution is 2.18. The Morgan fingerprint density at radius 1 is 1.11 bits per heavy atom. The molecular weight excluding hydrogens is 376 g/mol. The van der Waals surface area contributed by atoms with E-state index in [1.54, 1.807) is 17.8 Å². The van der Waals surface area contributed by atoms with Crippen LogP contribution in [0.3, 0.4) is 0 Å². The minimum atomic E-state index is -2.92. The lowest BCUT2D eigenvalue weighted by molar-refractivity contribution is -0.142. The molecule has 0 bridgehead atoms. The highest BCUT2D eigenvalue weighted by atomic mass is 32.2. The predicted octanol–water partition coefficient (Wildman–Crippen LogP) is 4.21. The summed E-state index contributed by atoms with van der Waals surface area (Å²) >= 11 is 1.62. The van der Waals surface area contributed by atoms with Gasteiger partial charge in [0, 0.05) is 16.7 Å². The Balaban J connectivity index is 1.77. The molecule has 0 aliphatic carbocycles. The second-order valence-corrected chi connectivity index (χ2v) is 6.04. The molecule has 2 aromatic rings. The van der Waals surface area contributed by atoms with Crippen LogP contribution in [0.15, 0.2) is 59.5 Å². The van der Waals surface area contributed by atoms with Crippen molar-refractivity contribution in [2.45, 2.75) is 11.5 Å². The Hall–Kier alpha value is -2.87. The van der Waals surface area contributed by atoms with Crippen molar-refractivity contribution in [2.24, 2.45) is 0 Å². The number of ether oxygens (including phenoxy) is 2. The molecule has 1 amide bonds. The van der Waals surface area contributed by atoms with Crippen LogP contribution in [-0.2, 0) is 14.3 Å². The molecule has 0 saturated carbocycles. The minimum Gasteiger partial charge on any atom is -0.452 e. The van der Waals surface area contributed by atoms with Crippen LogP contribution < -0.4 is 10.1 Å². The zero-order valence-electron chi connectivity index (χ0n) is 14.4. The number of hydrogen-bond acceptors (Lipinski definition) is 5. The van der Waals surface area contributed by atoms with Crippen molar-refractivity contribution in [3.63, 3.8) is 0 Å². The second kappa shape index (κ2) is 10.3. The van der Waals surface area contributed by atoms with Crippen molar-refractivity contribution in [1.29, 1.82) is 0 Å². The largest absolute Gasteiger partial charge is 0.452 e. The molecule has 0 atom stereocenters. The third-order valence-corrected chi connectivity index (χ3v) is 3.98. The standard InChI is InChI=1S/C19H17F2NO4S/c1-27-16-9-2-13(3-10-16)4-11-18(24)25-12-17(23)22-14-5-7-15(8-6-14)26-19(20)21/h2-11,19H,12H2,1H3,(H,22,23). The third-order valence-electron chi connectivity index (χ3n) is 3.24. The van der Waals surface area contributed by atoms with E-state index in [-0.39, 0.29) is 5.75 Å². The van der Waals surface area contributed by atoms with Gasteiger partial charge in [-0.15, -0.1) is 11.8 Å². The van der Waals surface area contributed by atoms with E-state index in [1.165, 1.54) is 30.3 Å². The quantitative estimate of drug-likeness (QED) is 0.414. The molecule has 0 spiro atoms. The van der Waals surface area contributed by atoms with Gasteiger partial charge in [0.05, 0.1) is 0 Å². The molecule has 2 aromatic carbocycles. The van der Waals surface area contributed by atoms with Crippen LogP contribution in [-0.4, -0.2) is 31.4 Å². The molecule has 5 nitrogen and oxygen atoms in total. The Bertz CT molecular complexity index is 792. The number of nitrogens with one attached hydrogen (secondary N) is 1. The molecule has 1 N–H and O–H groups in total. The van der Waals surface area contributed by atoms with Gasteiger partial charge < -0.3 is 14.8 Å². The van der Waals surface area contributed by atoms with E-state index in [2.05, 4.69) is 10.1 Å². The predicted molar refractivity (Wildman–Crippen MR) is 99.9 cm³/mol. The highest BCUT2D eigenvalue weighted by molar-refractivity contribution is 7.98. The van der Waals surface area contributed by atoms with E-state index in [1.807, 2.05) is 30.5 Å². The first-order valence-corrected chi connectivity index (χ1v) is 9.02. The fourth-order valence-electron chi connectivity index (χ4n) is 1.98. The van der Waals surface area contributed by atoms with Crippen LogP contribution in [0.4, 0.5) is 14.5 Å². The average molecular weight is 393 g/mol. The van der Waals surface area contributed by atoms with E-state index < -0.39 is 25.1 Å². The van der Waals surface area contributed by atoms with Crippen LogP contribution in [0.2, 0.25) is 0 Å². The van der Waals surface area contributed by atoms with Gasteiger partial charge >= 0.3 is 12.6 Å². The molecule has 0 aliphatic heterocycles. The van der Waals surface area contributed by atoms with Crippen LogP contribution in [0.5, 0.6) is 5.75 Å². The molecule has 0 aromatic heterocycles. The van der Waals surface area contributed by atoms with Gasteiger partial charge in [-0.25, -0.2) is 4.79 Å². The van der Waals surface area contributed by atoms with Gasteiger partial charge in [0.2, 0.25) is 0 Å². The Morgan fingerprint density at radius 3 is 2.37 bits per heavy atom. The van der Waals surface area contributed by atoms with Crippen LogP contribution in [0.25, 0.3) is 6.08 Å². The first-order chi connectivity index (χ1) is 13.0. The number of esters is 1. The lowest BCUT2D eigenvalue weighted by Gasteiger charge is -2.07. The molecule has 0 fully saturated rings. The number of thioether (sulfide) groups is 1. The van der Waals surface area contributed by atoms with Crippen molar-refractivity contribution in [2.75, 3.05) is 18.2 Å². The Labute approximate surface area is 159 Å². The van der Waals surface area contributed by atoms with Crippen LogP contribution in [0, 0.1) is 0 Å². The zero-order valence-corrected chi connectivity index (χ0v) is 15.2. The number of halogens is 2. The summed E-state index contributed by atoms with van der Waals surface area (Å²) in [6.45, 7) is -3.38. The van der Waals surface area contributed by atoms with Gasteiger partial charge in [0.25, 0.3) is 5.91 Å². The van der Waals surface area contributed by atoms with E-state index in [0.717, 1.165) is 10.5 Å². The lowest BCUT2D eigenvalue weighted by Crippen LogP contribution is -2.20. The Morgan fingerprint density at radius 2 is 1.78 bits per heavy atom. The molecule has 0 unspecified atom stereocenters. The number of anilines is 1. The molecule has 27 heavy (non-hydrogen) atoms. The van der Waals surface area contributed by atoms with Crippen molar-refractivity contribution in [3.8, 4) is 5.75 Å². The lowest BCUT2D eigenvalue weighted by atomic mass is 10.2. The van der Waals surface area contributed by atoms with E-state index >= 15 is 0 Å². The number of rotatable bonds is 8. The monoisotopic (exact) mass is 393 g/mol. The van der Waals surface area contributed by atoms with Gasteiger partial charge in [-0.2, -0.15) is 8.78 Å². The van der Waals surface area contributed by atoms with Crippen LogP contribution in [0.1, 0.15) is 5.56 Å². The van der Waals surface area contributed by atoms with Gasteiger partial charge in [0.1, 0.15) is 5.75 Å². The molecule has 0 heterocycles. The summed E-state index contributed by atoms with van der Waals surface area (Å²) in [7, 11) is 0. The van der Waals surface area contributed by atoms with E-state index in [9.17, 15) is 18.4 Å². The summed E-state index contributed by atoms with van der Waals surface area (Å²) in [5.74, 6) is -1.23. The number of carbonyl (C=O) groups is 2. The summed E-state index contributed by atoms with van der Waals surface area (Å²) in [5.41, 5.74) is 1.20. The molecular formula is C19H17F2NO4S. The molecule has 0 aliphatic rings. The van der Waals surface area contributed by atoms with Gasteiger partial charge in [-0.3, -0.25) is 4.79 Å². The van der Waals surface area contributed by atoms with Crippen molar-refractivity contribution in [1.82, 2.24) is 0 Å². The maximum atomic E-state index is 12.1. The fourth-order valence-corrected chi connectivity index (χ4v) is 2.39. The number of amides is 1. The molecule has 142 valence electrons. The van der Waals surface area contributed by atoms with Crippen molar-refractivity contribution in [3.05, 3.63) is 60.2 Å². The number of carbonyl (C=O) groups excluding carboxylic acids is 2. The van der Waals surface area contributed by atoms with Crippen LogP contribution >= 0.6 is 11.8 Å². The summed E-state index contributed by atoms with van der Waals surface area (Å²) < 4.78 is 33.2. The SMILES string of the molecule is CSc1ccc(C=CC(=O)OCC(=O)Nc2ccc(OC(F)F)cc2)cc1. The van der Waals surface area contributed by atoms with E-state index in [4.69, 9.17) is 4.74 Å². The normalized spacial score (nSPS) is 10.8. The first-order valence-electron chi connectivity index (χ1n) is 7.80. The summed E-state index contributed by atoms with van der Waals surface area (Å²) in [6, 6.07) is 13.0. The van der Waals surface area contributed by atoms with E-state index in [0.29, 0.717) is 5.69 Å². The summed E-state index contributed by atoms with van der Waals surface area (Å²) in [6.07, 6.45) is 4.79. The molecule has 0 saturated heterocycles. The van der Waals surface area contributed by atoms with Gasteiger partial charge in [0.15, 0.2) is 6.61 Å². The minimum absolute atomic E-state index is 0.0230. The Kier molecular flexibility index (Phi) is 7.81. The number of hydrogen-bond donors (Lipinski definition) is 1. The zero-order chi connectivity index (χ0) is 19.6. The number of benzene rings is 2. The topological polar surface area (TPSA) is 64.6 Å². The first kappa shape index (κ1) is 20.4. The third kappa shape index (κ3) is 7.49. The molecule has 8 heteroatoms. The molecule has 2 rings (SSSR count). The smallest absolute Gasteiger partial charge is 0.387 e. The average Bonchev–Trinajstić information content (AvgIpc) is 2.66. The summed E-state index contributed by atoms with van der Waals surface area (Å²) in [5, 5.41) is 2.48. The second-order valence-electron chi connectivity index (χ2n) is 5.17. The maximum absolute atomic E-state index is 12.1. The summed E-state index contributed by atoms with van der Waals surface area (Å²) in [4.78, 5) is 24.5. The van der Waals surface area contributed by atoms with Crippen molar-refractivity contribution >= 4 is 35.4 Å². The van der Waals surface area contributed by atoms with Gasteiger partial charge in [-0.1, -0.05) is 12.1 Å². The van der Waals surface area contributed by atoms with Gasteiger partial charge in [-0.05, 0) is 54.3 Å². The fraction of sp³-hybridized carbons (Fsp3) is 0.158. The highest BCUT2D eigenvalue weighted by Gasteiger charge is 2.07. The number of alkyl halides is 2. The molecule has 0 radical (unpaired) electrons. The maximum Gasteiger partial charge on any atom is 0.387 e. The van der Waals surface area contributed by atoms with Crippen molar-refractivity contribution < 1.29 is 27.8 Å².